The Balaban J connectivity index is 1.72. The third-order valence-electron chi connectivity index (χ3n) is 4.29. The molecular formula is C15H24N2. The molecule has 1 saturated carbocycles. The van der Waals surface area contributed by atoms with Crippen molar-refractivity contribution < 1.29 is 0 Å². The van der Waals surface area contributed by atoms with Gasteiger partial charge in [-0.1, -0.05) is 26.7 Å². The van der Waals surface area contributed by atoms with Gasteiger partial charge >= 0.3 is 0 Å². The number of hydrogen-bond donors (Lipinski definition) is 0. The first-order valence-electron chi connectivity index (χ1n) is 6.99. The Morgan fingerprint density at radius 1 is 1.12 bits per heavy atom. The summed E-state index contributed by atoms with van der Waals surface area (Å²) in [6, 6.07) is 0. The van der Waals surface area contributed by atoms with Crippen LogP contribution in [-0.4, -0.2) is 9.97 Å². The Morgan fingerprint density at radius 2 is 1.76 bits per heavy atom. The Labute approximate surface area is 105 Å². The van der Waals surface area contributed by atoms with Gasteiger partial charge in [0.2, 0.25) is 0 Å². The molecule has 1 aromatic heterocycles. The second-order valence-corrected chi connectivity index (χ2v) is 5.81. The van der Waals surface area contributed by atoms with E-state index in [0.29, 0.717) is 0 Å². The van der Waals surface area contributed by atoms with Crippen LogP contribution in [0.1, 0.15) is 51.5 Å². The summed E-state index contributed by atoms with van der Waals surface area (Å²) in [7, 11) is 0. The van der Waals surface area contributed by atoms with E-state index in [1.54, 1.807) is 6.33 Å². The third-order valence-corrected chi connectivity index (χ3v) is 4.29. The SMILES string of the molecule is CC(C)C1CCC(CCc2cncnc2)CC1. The maximum Gasteiger partial charge on any atom is 0.115 e. The van der Waals surface area contributed by atoms with E-state index in [4.69, 9.17) is 0 Å². The van der Waals surface area contributed by atoms with Crippen molar-refractivity contribution in [3.8, 4) is 0 Å². The van der Waals surface area contributed by atoms with E-state index in [9.17, 15) is 0 Å². The maximum absolute atomic E-state index is 4.07. The van der Waals surface area contributed by atoms with Crippen molar-refractivity contribution in [3.05, 3.63) is 24.3 Å². The molecule has 1 aromatic rings. The summed E-state index contributed by atoms with van der Waals surface area (Å²) < 4.78 is 0. The molecule has 0 unspecified atom stereocenters. The van der Waals surface area contributed by atoms with E-state index in [0.717, 1.165) is 24.2 Å². The van der Waals surface area contributed by atoms with Gasteiger partial charge in [0.1, 0.15) is 6.33 Å². The second kappa shape index (κ2) is 6.13. The average molecular weight is 232 g/mol. The van der Waals surface area contributed by atoms with Gasteiger partial charge in [0, 0.05) is 12.4 Å². The van der Waals surface area contributed by atoms with Crippen molar-refractivity contribution in [1.82, 2.24) is 9.97 Å². The molecule has 2 heteroatoms. The van der Waals surface area contributed by atoms with Crippen molar-refractivity contribution in [2.75, 3.05) is 0 Å². The van der Waals surface area contributed by atoms with Crippen LogP contribution in [0.4, 0.5) is 0 Å². The fourth-order valence-corrected chi connectivity index (χ4v) is 2.97. The molecular weight excluding hydrogens is 208 g/mol. The third kappa shape index (κ3) is 3.79. The molecule has 2 nitrogen and oxygen atoms in total. The first-order chi connectivity index (χ1) is 8.25. The predicted octanol–water partition coefficient (Wildman–Crippen LogP) is 3.87. The van der Waals surface area contributed by atoms with Gasteiger partial charge in [0.05, 0.1) is 0 Å². The quantitative estimate of drug-likeness (QED) is 0.787. The molecule has 0 saturated heterocycles. The highest BCUT2D eigenvalue weighted by atomic mass is 14.8. The Hall–Kier alpha value is -0.920. The molecule has 0 N–H and O–H groups in total. The summed E-state index contributed by atoms with van der Waals surface area (Å²) >= 11 is 0. The van der Waals surface area contributed by atoms with Gasteiger partial charge < -0.3 is 0 Å². The van der Waals surface area contributed by atoms with E-state index in [1.807, 2.05) is 12.4 Å². The molecule has 1 aliphatic rings. The van der Waals surface area contributed by atoms with E-state index in [1.165, 1.54) is 37.7 Å². The Kier molecular flexibility index (Phi) is 4.52. The lowest BCUT2D eigenvalue weighted by atomic mass is 9.75. The molecule has 0 amide bonds. The van der Waals surface area contributed by atoms with Gasteiger partial charge in [-0.15, -0.1) is 0 Å². The standard InChI is InChI=1S/C15H24N2/c1-12(2)15-7-5-13(6-8-15)3-4-14-9-16-11-17-10-14/h9-13,15H,3-8H2,1-2H3. The van der Waals surface area contributed by atoms with Crippen LogP contribution in [0.5, 0.6) is 0 Å². The lowest BCUT2D eigenvalue weighted by molar-refractivity contribution is 0.217. The monoisotopic (exact) mass is 232 g/mol. The van der Waals surface area contributed by atoms with Crippen molar-refractivity contribution in [2.24, 2.45) is 17.8 Å². The lowest BCUT2D eigenvalue weighted by Crippen LogP contribution is -2.18. The number of aryl methyl sites for hydroxylation is 1. The normalized spacial score (nSPS) is 25.1. The minimum Gasteiger partial charge on any atom is -0.245 e. The van der Waals surface area contributed by atoms with Gasteiger partial charge in [-0.3, -0.25) is 0 Å². The Morgan fingerprint density at radius 3 is 2.35 bits per heavy atom. The Bertz CT molecular complexity index is 313. The lowest BCUT2D eigenvalue weighted by Gasteiger charge is -2.30. The van der Waals surface area contributed by atoms with Gasteiger partial charge in [0.25, 0.3) is 0 Å². The van der Waals surface area contributed by atoms with Gasteiger partial charge in [0.15, 0.2) is 0 Å². The van der Waals surface area contributed by atoms with E-state index < -0.39 is 0 Å². The summed E-state index contributed by atoms with van der Waals surface area (Å²) in [6.45, 7) is 4.73. The largest absolute Gasteiger partial charge is 0.245 e. The zero-order chi connectivity index (χ0) is 12.1. The fraction of sp³-hybridized carbons (Fsp3) is 0.733. The zero-order valence-electron chi connectivity index (χ0n) is 11.1. The first kappa shape index (κ1) is 12.5. The zero-order valence-corrected chi connectivity index (χ0v) is 11.1. The molecule has 94 valence electrons. The van der Waals surface area contributed by atoms with Gasteiger partial charge in [-0.2, -0.15) is 0 Å². The van der Waals surface area contributed by atoms with Gasteiger partial charge in [-0.25, -0.2) is 9.97 Å². The highest BCUT2D eigenvalue weighted by Crippen LogP contribution is 2.35. The van der Waals surface area contributed by atoms with Crippen LogP contribution in [0.2, 0.25) is 0 Å². The number of aromatic nitrogens is 2. The molecule has 0 atom stereocenters. The first-order valence-corrected chi connectivity index (χ1v) is 6.99. The van der Waals surface area contributed by atoms with E-state index in [-0.39, 0.29) is 0 Å². The van der Waals surface area contributed by atoms with Crippen LogP contribution >= 0.6 is 0 Å². The molecule has 0 aromatic carbocycles. The number of rotatable bonds is 4. The van der Waals surface area contributed by atoms with Crippen molar-refractivity contribution >= 4 is 0 Å². The van der Waals surface area contributed by atoms with Crippen LogP contribution < -0.4 is 0 Å². The molecule has 0 bridgehead atoms. The smallest absolute Gasteiger partial charge is 0.115 e. The minimum atomic E-state index is 0.874. The second-order valence-electron chi connectivity index (χ2n) is 5.81. The average Bonchev–Trinajstić information content (AvgIpc) is 2.38. The molecule has 1 aliphatic carbocycles. The predicted molar refractivity (Wildman–Crippen MR) is 70.6 cm³/mol. The summed E-state index contributed by atoms with van der Waals surface area (Å²) in [5, 5.41) is 0. The molecule has 0 aliphatic heterocycles. The van der Waals surface area contributed by atoms with Crippen LogP contribution in [0.3, 0.4) is 0 Å². The van der Waals surface area contributed by atoms with Crippen LogP contribution in [0, 0.1) is 17.8 Å². The fourth-order valence-electron chi connectivity index (χ4n) is 2.97. The highest BCUT2D eigenvalue weighted by Gasteiger charge is 2.22. The summed E-state index contributed by atoms with van der Waals surface area (Å²) in [6.07, 6.45) is 13.7. The highest BCUT2D eigenvalue weighted by molar-refractivity contribution is 5.02. The maximum atomic E-state index is 4.07. The van der Waals surface area contributed by atoms with Crippen molar-refractivity contribution in [2.45, 2.75) is 52.4 Å². The van der Waals surface area contributed by atoms with E-state index in [2.05, 4.69) is 23.8 Å². The van der Waals surface area contributed by atoms with E-state index >= 15 is 0 Å². The summed E-state index contributed by atoms with van der Waals surface area (Å²) in [5.74, 6) is 2.79. The number of nitrogens with zero attached hydrogens (tertiary/aromatic N) is 2. The minimum absolute atomic E-state index is 0.874. The number of hydrogen-bond acceptors (Lipinski definition) is 2. The van der Waals surface area contributed by atoms with Crippen LogP contribution in [-0.2, 0) is 6.42 Å². The summed E-state index contributed by atoms with van der Waals surface area (Å²) in [4.78, 5) is 8.15. The van der Waals surface area contributed by atoms with Crippen LogP contribution in [0.15, 0.2) is 18.7 Å². The molecule has 0 spiro atoms. The van der Waals surface area contributed by atoms with Gasteiger partial charge in [-0.05, 0) is 49.0 Å². The topological polar surface area (TPSA) is 25.8 Å². The molecule has 0 radical (unpaired) electrons. The van der Waals surface area contributed by atoms with Crippen molar-refractivity contribution in [3.63, 3.8) is 0 Å². The molecule has 1 fully saturated rings. The van der Waals surface area contributed by atoms with Crippen molar-refractivity contribution in [1.29, 1.82) is 0 Å². The molecule has 1 heterocycles. The summed E-state index contributed by atoms with van der Waals surface area (Å²) in [5.41, 5.74) is 1.29. The van der Waals surface area contributed by atoms with Crippen LogP contribution in [0.25, 0.3) is 0 Å². The molecule has 2 rings (SSSR count). The molecule has 17 heavy (non-hydrogen) atoms.